The molecule has 1 heterocycles. The van der Waals surface area contributed by atoms with Crippen molar-refractivity contribution in [3.8, 4) is 5.75 Å². The number of aliphatic imine (C=N–C) groups is 1. The number of rotatable bonds is 8. The molecule has 1 aromatic heterocycles. The fourth-order valence-electron chi connectivity index (χ4n) is 1.98. The number of para-hydroxylation sites is 1. The number of ether oxygens (including phenoxy) is 1. The minimum atomic E-state index is 0.566. The van der Waals surface area contributed by atoms with Crippen molar-refractivity contribution < 1.29 is 4.74 Å². The van der Waals surface area contributed by atoms with Crippen LogP contribution in [0.25, 0.3) is 0 Å². The summed E-state index contributed by atoms with van der Waals surface area (Å²) in [7, 11) is 0. The Morgan fingerprint density at radius 1 is 1.09 bits per heavy atom. The van der Waals surface area contributed by atoms with Gasteiger partial charge in [-0.3, -0.25) is 4.98 Å². The lowest BCUT2D eigenvalue weighted by Gasteiger charge is -2.11. The summed E-state index contributed by atoms with van der Waals surface area (Å²) in [4.78, 5) is 8.80. The highest BCUT2D eigenvalue weighted by Gasteiger charge is 1.98. The molecule has 0 unspecified atom stereocenters. The fraction of sp³-hybridized carbons (Fsp3) is 0.333. The number of guanidine groups is 1. The number of aromatic nitrogens is 1. The molecule has 0 amide bonds. The molecule has 0 bridgehead atoms. The van der Waals surface area contributed by atoms with Crippen molar-refractivity contribution >= 4 is 5.96 Å². The molecule has 23 heavy (non-hydrogen) atoms. The van der Waals surface area contributed by atoms with E-state index >= 15 is 0 Å². The van der Waals surface area contributed by atoms with E-state index in [1.807, 2.05) is 48.5 Å². The SMILES string of the molecule is CCNC(=NCc1ccccn1)NCCCOc1ccccc1. The molecule has 2 rings (SSSR count). The normalized spacial score (nSPS) is 11.1. The Morgan fingerprint density at radius 3 is 2.65 bits per heavy atom. The standard InChI is InChI=1S/C18H24N4O/c1-2-19-18(22-15-16-9-6-7-12-20-16)21-13-8-14-23-17-10-4-3-5-11-17/h3-7,9-12H,2,8,13-15H2,1H3,(H2,19,21,22). The third-order valence-corrected chi connectivity index (χ3v) is 3.10. The zero-order chi connectivity index (χ0) is 16.2. The average molecular weight is 312 g/mol. The zero-order valence-electron chi connectivity index (χ0n) is 13.5. The molecule has 2 aromatic rings. The maximum Gasteiger partial charge on any atom is 0.191 e. The van der Waals surface area contributed by atoms with Gasteiger partial charge in [-0.1, -0.05) is 24.3 Å². The summed E-state index contributed by atoms with van der Waals surface area (Å²) in [6.07, 6.45) is 2.69. The molecule has 0 saturated carbocycles. The second kappa shape index (κ2) is 10.2. The van der Waals surface area contributed by atoms with Gasteiger partial charge in [0.2, 0.25) is 0 Å². The number of nitrogens with zero attached hydrogens (tertiary/aromatic N) is 2. The lowest BCUT2D eigenvalue weighted by molar-refractivity contribution is 0.311. The summed E-state index contributed by atoms with van der Waals surface area (Å²) in [6, 6.07) is 15.7. The molecule has 5 nitrogen and oxygen atoms in total. The zero-order valence-corrected chi connectivity index (χ0v) is 13.5. The molecule has 1 aromatic carbocycles. The summed E-state index contributed by atoms with van der Waals surface area (Å²) >= 11 is 0. The van der Waals surface area contributed by atoms with E-state index in [9.17, 15) is 0 Å². The van der Waals surface area contributed by atoms with Crippen molar-refractivity contribution in [2.24, 2.45) is 4.99 Å². The van der Waals surface area contributed by atoms with Crippen molar-refractivity contribution in [2.45, 2.75) is 19.9 Å². The highest BCUT2D eigenvalue weighted by atomic mass is 16.5. The molecular formula is C18H24N4O. The Morgan fingerprint density at radius 2 is 1.91 bits per heavy atom. The molecule has 0 fully saturated rings. The highest BCUT2D eigenvalue weighted by Crippen LogP contribution is 2.07. The van der Waals surface area contributed by atoms with E-state index in [1.165, 1.54) is 0 Å². The maximum absolute atomic E-state index is 5.67. The molecule has 0 atom stereocenters. The Bertz CT molecular complexity index is 572. The molecule has 0 aliphatic heterocycles. The van der Waals surface area contributed by atoms with Crippen LogP contribution >= 0.6 is 0 Å². The number of nitrogens with one attached hydrogen (secondary N) is 2. The van der Waals surface area contributed by atoms with Crippen LogP contribution in [0.2, 0.25) is 0 Å². The van der Waals surface area contributed by atoms with Crippen LogP contribution in [0.5, 0.6) is 5.75 Å². The van der Waals surface area contributed by atoms with Crippen LogP contribution in [-0.2, 0) is 6.54 Å². The molecule has 122 valence electrons. The van der Waals surface area contributed by atoms with Gasteiger partial charge < -0.3 is 15.4 Å². The van der Waals surface area contributed by atoms with Gasteiger partial charge in [-0.15, -0.1) is 0 Å². The van der Waals surface area contributed by atoms with Gasteiger partial charge in [0, 0.05) is 19.3 Å². The van der Waals surface area contributed by atoms with E-state index < -0.39 is 0 Å². The van der Waals surface area contributed by atoms with Crippen LogP contribution in [0.15, 0.2) is 59.7 Å². The van der Waals surface area contributed by atoms with E-state index in [2.05, 4.69) is 27.5 Å². The van der Waals surface area contributed by atoms with E-state index in [0.717, 1.165) is 36.9 Å². The number of benzene rings is 1. The van der Waals surface area contributed by atoms with Gasteiger partial charge in [0.15, 0.2) is 5.96 Å². The number of hydrogen-bond acceptors (Lipinski definition) is 3. The summed E-state index contributed by atoms with van der Waals surface area (Å²) < 4.78 is 5.67. The second-order valence-electron chi connectivity index (χ2n) is 4.96. The number of hydrogen-bond donors (Lipinski definition) is 2. The minimum absolute atomic E-state index is 0.566. The van der Waals surface area contributed by atoms with Crippen LogP contribution in [0.4, 0.5) is 0 Å². The molecule has 2 N–H and O–H groups in total. The van der Waals surface area contributed by atoms with Gasteiger partial charge >= 0.3 is 0 Å². The van der Waals surface area contributed by atoms with Gasteiger partial charge in [-0.05, 0) is 37.6 Å². The van der Waals surface area contributed by atoms with Crippen molar-refractivity contribution in [1.82, 2.24) is 15.6 Å². The third-order valence-electron chi connectivity index (χ3n) is 3.10. The molecule has 0 radical (unpaired) electrons. The molecule has 0 aliphatic rings. The molecular weight excluding hydrogens is 288 g/mol. The average Bonchev–Trinajstić information content (AvgIpc) is 2.61. The van der Waals surface area contributed by atoms with Gasteiger partial charge in [0.25, 0.3) is 0 Å². The predicted molar refractivity (Wildman–Crippen MR) is 93.6 cm³/mol. The highest BCUT2D eigenvalue weighted by molar-refractivity contribution is 5.79. The van der Waals surface area contributed by atoms with Gasteiger partial charge in [-0.2, -0.15) is 0 Å². The van der Waals surface area contributed by atoms with Crippen LogP contribution in [0.3, 0.4) is 0 Å². The lowest BCUT2D eigenvalue weighted by Crippen LogP contribution is -2.38. The van der Waals surface area contributed by atoms with Crippen molar-refractivity contribution in [1.29, 1.82) is 0 Å². The van der Waals surface area contributed by atoms with E-state index in [0.29, 0.717) is 13.2 Å². The Kier molecular flexibility index (Phi) is 7.46. The Hall–Kier alpha value is -2.56. The largest absolute Gasteiger partial charge is 0.494 e. The molecule has 0 aliphatic carbocycles. The first kappa shape index (κ1) is 16.8. The lowest BCUT2D eigenvalue weighted by atomic mass is 10.3. The smallest absolute Gasteiger partial charge is 0.191 e. The fourth-order valence-corrected chi connectivity index (χ4v) is 1.98. The monoisotopic (exact) mass is 312 g/mol. The van der Waals surface area contributed by atoms with E-state index in [1.54, 1.807) is 6.20 Å². The summed E-state index contributed by atoms with van der Waals surface area (Å²) in [6.45, 7) is 4.93. The Labute approximate surface area is 137 Å². The van der Waals surface area contributed by atoms with E-state index in [-0.39, 0.29) is 0 Å². The third kappa shape index (κ3) is 6.82. The van der Waals surface area contributed by atoms with Gasteiger partial charge in [0.05, 0.1) is 18.8 Å². The predicted octanol–water partition coefficient (Wildman–Crippen LogP) is 2.61. The summed E-state index contributed by atoms with van der Waals surface area (Å²) in [5.41, 5.74) is 0.956. The Balaban J connectivity index is 1.69. The van der Waals surface area contributed by atoms with Crippen LogP contribution < -0.4 is 15.4 Å². The van der Waals surface area contributed by atoms with Crippen molar-refractivity contribution in [3.63, 3.8) is 0 Å². The van der Waals surface area contributed by atoms with Gasteiger partial charge in [0.1, 0.15) is 5.75 Å². The number of pyridine rings is 1. The first-order chi connectivity index (χ1) is 11.4. The first-order valence-corrected chi connectivity index (χ1v) is 7.98. The van der Waals surface area contributed by atoms with E-state index in [4.69, 9.17) is 4.74 Å². The molecule has 0 saturated heterocycles. The van der Waals surface area contributed by atoms with Crippen LogP contribution in [-0.4, -0.2) is 30.6 Å². The first-order valence-electron chi connectivity index (χ1n) is 7.98. The topological polar surface area (TPSA) is 58.5 Å². The minimum Gasteiger partial charge on any atom is -0.494 e. The van der Waals surface area contributed by atoms with Crippen molar-refractivity contribution in [3.05, 3.63) is 60.4 Å². The maximum atomic E-state index is 5.67. The van der Waals surface area contributed by atoms with Crippen LogP contribution in [0.1, 0.15) is 19.0 Å². The summed E-state index contributed by atoms with van der Waals surface area (Å²) in [5.74, 6) is 1.71. The second-order valence-corrected chi connectivity index (χ2v) is 4.96. The van der Waals surface area contributed by atoms with Gasteiger partial charge in [-0.25, -0.2) is 4.99 Å². The summed E-state index contributed by atoms with van der Waals surface area (Å²) in [5, 5.41) is 6.54. The quantitative estimate of drug-likeness (QED) is 0.447. The van der Waals surface area contributed by atoms with Crippen molar-refractivity contribution in [2.75, 3.05) is 19.7 Å². The van der Waals surface area contributed by atoms with Crippen LogP contribution in [0, 0.1) is 0 Å². The molecule has 5 heteroatoms. The molecule has 0 spiro atoms.